The summed E-state index contributed by atoms with van der Waals surface area (Å²) in [5.41, 5.74) is 0.651. The van der Waals surface area contributed by atoms with Crippen molar-refractivity contribution in [3.63, 3.8) is 0 Å². The van der Waals surface area contributed by atoms with Gasteiger partial charge in [0.05, 0.1) is 5.92 Å². The predicted molar refractivity (Wildman–Crippen MR) is 76.2 cm³/mol. The number of amides is 1. The summed E-state index contributed by atoms with van der Waals surface area (Å²) >= 11 is 0. The first-order valence-corrected chi connectivity index (χ1v) is 7.42. The van der Waals surface area contributed by atoms with Gasteiger partial charge in [-0.1, -0.05) is 6.07 Å². The van der Waals surface area contributed by atoms with Crippen LogP contribution in [0.25, 0.3) is 0 Å². The Labute approximate surface area is 127 Å². The lowest BCUT2D eigenvalue weighted by Gasteiger charge is -2.12. The van der Waals surface area contributed by atoms with Crippen LogP contribution in [0, 0.1) is 17.6 Å². The highest BCUT2D eigenvalue weighted by Gasteiger charge is 2.30. The molecule has 120 valence electrons. The van der Waals surface area contributed by atoms with Gasteiger partial charge < -0.3 is 10.4 Å². The number of hydrogen-bond acceptors (Lipinski definition) is 2. The zero-order chi connectivity index (χ0) is 16.1. The van der Waals surface area contributed by atoms with E-state index in [-0.39, 0.29) is 24.3 Å². The first-order chi connectivity index (χ1) is 10.5. The lowest BCUT2D eigenvalue weighted by molar-refractivity contribution is -0.141. The Balaban J connectivity index is 1.70. The van der Waals surface area contributed by atoms with E-state index in [1.165, 1.54) is 6.07 Å². The SMILES string of the molecule is O=C(CCCc1ccc(F)c(F)c1)N[C@H]1CC[C@@H](C(=O)O)C1. The molecule has 0 saturated heterocycles. The third kappa shape index (κ3) is 4.51. The van der Waals surface area contributed by atoms with Crippen LogP contribution < -0.4 is 5.32 Å². The molecule has 4 nitrogen and oxygen atoms in total. The van der Waals surface area contributed by atoms with Crippen molar-refractivity contribution in [1.82, 2.24) is 5.32 Å². The molecule has 1 aromatic rings. The maximum Gasteiger partial charge on any atom is 0.306 e. The zero-order valence-electron chi connectivity index (χ0n) is 12.1. The molecule has 22 heavy (non-hydrogen) atoms. The highest BCUT2D eigenvalue weighted by Crippen LogP contribution is 2.25. The van der Waals surface area contributed by atoms with Crippen LogP contribution in [0.1, 0.15) is 37.7 Å². The van der Waals surface area contributed by atoms with Gasteiger partial charge in [0.2, 0.25) is 5.91 Å². The maximum atomic E-state index is 13.0. The molecule has 6 heteroatoms. The van der Waals surface area contributed by atoms with Crippen molar-refractivity contribution in [2.75, 3.05) is 0 Å². The summed E-state index contributed by atoms with van der Waals surface area (Å²) in [6.45, 7) is 0. The number of nitrogens with one attached hydrogen (secondary N) is 1. The normalized spacial score (nSPS) is 20.8. The third-order valence-corrected chi connectivity index (χ3v) is 4.00. The minimum Gasteiger partial charge on any atom is -0.481 e. The second-order valence-electron chi connectivity index (χ2n) is 5.71. The largest absolute Gasteiger partial charge is 0.481 e. The zero-order valence-corrected chi connectivity index (χ0v) is 12.1. The Kier molecular flexibility index (Phi) is 5.46. The van der Waals surface area contributed by atoms with Crippen molar-refractivity contribution in [3.05, 3.63) is 35.4 Å². The van der Waals surface area contributed by atoms with Crippen LogP contribution in [-0.2, 0) is 16.0 Å². The van der Waals surface area contributed by atoms with Crippen molar-refractivity contribution in [2.45, 2.75) is 44.6 Å². The molecule has 1 aliphatic rings. The standard InChI is InChI=1S/C16H19F2NO3/c17-13-7-4-10(8-14(13)18)2-1-3-15(20)19-12-6-5-11(9-12)16(21)22/h4,7-8,11-12H,1-3,5-6,9H2,(H,19,20)(H,21,22)/t11-,12+/m1/s1. The molecular formula is C16H19F2NO3. The maximum absolute atomic E-state index is 13.0. The Hall–Kier alpha value is -1.98. The van der Waals surface area contributed by atoms with Gasteiger partial charge in [0.15, 0.2) is 11.6 Å². The van der Waals surface area contributed by atoms with E-state index >= 15 is 0 Å². The summed E-state index contributed by atoms with van der Waals surface area (Å²) in [6, 6.07) is 3.65. The average molecular weight is 311 g/mol. The van der Waals surface area contributed by atoms with Gasteiger partial charge in [-0.2, -0.15) is 0 Å². The molecule has 1 saturated carbocycles. The van der Waals surface area contributed by atoms with E-state index in [0.717, 1.165) is 12.1 Å². The molecule has 0 bridgehead atoms. The van der Waals surface area contributed by atoms with Crippen LogP contribution in [0.4, 0.5) is 8.78 Å². The molecule has 1 aromatic carbocycles. The van der Waals surface area contributed by atoms with Gasteiger partial charge in [0.1, 0.15) is 0 Å². The van der Waals surface area contributed by atoms with Gasteiger partial charge >= 0.3 is 5.97 Å². The number of hydrogen-bond donors (Lipinski definition) is 2. The average Bonchev–Trinajstić information content (AvgIpc) is 2.91. The Morgan fingerprint density at radius 1 is 1.23 bits per heavy atom. The molecule has 2 atom stereocenters. The minimum atomic E-state index is -0.882. The molecular weight excluding hydrogens is 292 g/mol. The second-order valence-corrected chi connectivity index (χ2v) is 5.71. The molecule has 0 aliphatic heterocycles. The van der Waals surface area contributed by atoms with Gasteiger partial charge in [-0.15, -0.1) is 0 Å². The number of aliphatic carboxylic acids is 1. The number of benzene rings is 1. The van der Waals surface area contributed by atoms with Crippen LogP contribution in [-0.4, -0.2) is 23.0 Å². The fraction of sp³-hybridized carbons (Fsp3) is 0.500. The summed E-state index contributed by atoms with van der Waals surface area (Å²) in [4.78, 5) is 22.6. The number of carboxylic acids is 1. The van der Waals surface area contributed by atoms with Gasteiger partial charge in [-0.05, 0) is 49.8 Å². The van der Waals surface area contributed by atoms with Crippen LogP contribution in [0.3, 0.4) is 0 Å². The van der Waals surface area contributed by atoms with E-state index in [4.69, 9.17) is 5.11 Å². The third-order valence-electron chi connectivity index (χ3n) is 4.00. The Bertz CT molecular complexity index is 562. The minimum absolute atomic E-state index is 0.0723. The van der Waals surface area contributed by atoms with Crippen LogP contribution >= 0.6 is 0 Å². The highest BCUT2D eigenvalue weighted by molar-refractivity contribution is 5.76. The van der Waals surface area contributed by atoms with E-state index < -0.39 is 17.6 Å². The van der Waals surface area contributed by atoms with Crippen molar-refractivity contribution in [1.29, 1.82) is 0 Å². The topological polar surface area (TPSA) is 66.4 Å². The van der Waals surface area contributed by atoms with E-state index in [9.17, 15) is 18.4 Å². The molecule has 0 heterocycles. The molecule has 2 rings (SSSR count). The quantitative estimate of drug-likeness (QED) is 0.849. The first kappa shape index (κ1) is 16.4. The number of aryl methyl sites for hydroxylation is 1. The lowest BCUT2D eigenvalue weighted by atomic mass is 10.1. The summed E-state index contributed by atoms with van der Waals surface area (Å²) < 4.78 is 25.8. The van der Waals surface area contributed by atoms with Gasteiger partial charge in [0.25, 0.3) is 0 Å². The molecule has 0 aromatic heterocycles. The van der Waals surface area contributed by atoms with E-state index in [1.807, 2.05) is 0 Å². The number of halogens is 2. The molecule has 0 unspecified atom stereocenters. The molecule has 0 spiro atoms. The van der Waals surface area contributed by atoms with Crippen molar-refractivity contribution in [2.24, 2.45) is 5.92 Å². The van der Waals surface area contributed by atoms with Crippen LogP contribution in [0.5, 0.6) is 0 Å². The predicted octanol–water partition coefficient (Wildman–Crippen LogP) is 2.66. The van der Waals surface area contributed by atoms with Crippen LogP contribution in [0.2, 0.25) is 0 Å². The Morgan fingerprint density at radius 3 is 2.64 bits per heavy atom. The summed E-state index contributed by atoms with van der Waals surface area (Å²) in [6.07, 6.45) is 3.07. The fourth-order valence-corrected chi connectivity index (χ4v) is 2.78. The fourth-order valence-electron chi connectivity index (χ4n) is 2.78. The highest BCUT2D eigenvalue weighted by atomic mass is 19.2. The number of carboxylic acid groups (broad SMARTS) is 1. The number of carbonyl (C=O) groups excluding carboxylic acids is 1. The summed E-state index contributed by atoms with van der Waals surface area (Å²) in [7, 11) is 0. The van der Waals surface area contributed by atoms with Gasteiger partial charge in [0, 0.05) is 12.5 Å². The van der Waals surface area contributed by atoms with E-state index in [0.29, 0.717) is 37.7 Å². The number of rotatable bonds is 6. The van der Waals surface area contributed by atoms with E-state index in [1.54, 1.807) is 0 Å². The summed E-state index contributed by atoms with van der Waals surface area (Å²) in [5, 5.41) is 11.7. The van der Waals surface area contributed by atoms with Crippen molar-refractivity contribution in [3.8, 4) is 0 Å². The molecule has 1 amide bonds. The second kappa shape index (κ2) is 7.33. The molecule has 0 radical (unpaired) electrons. The molecule has 1 fully saturated rings. The van der Waals surface area contributed by atoms with Gasteiger partial charge in [-0.3, -0.25) is 9.59 Å². The van der Waals surface area contributed by atoms with Gasteiger partial charge in [-0.25, -0.2) is 8.78 Å². The number of carbonyl (C=O) groups is 2. The smallest absolute Gasteiger partial charge is 0.306 e. The van der Waals surface area contributed by atoms with Crippen LogP contribution in [0.15, 0.2) is 18.2 Å². The monoisotopic (exact) mass is 311 g/mol. The Morgan fingerprint density at radius 2 is 2.00 bits per heavy atom. The van der Waals surface area contributed by atoms with E-state index in [2.05, 4.69) is 5.32 Å². The first-order valence-electron chi connectivity index (χ1n) is 7.42. The summed E-state index contributed by atoms with van der Waals surface area (Å²) in [5.74, 6) is -3.07. The van der Waals surface area contributed by atoms with Crippen molar-refractivity contribution < 1.29 is 23.5 Å². The lowest BCUT2D eigenvalue weighted by Crippen LogP contribution is -2.33. The van der Waals surface area contributed by atoms with Crippen molar-refractivity contribution >= 4 is 11.9 Å². The molecule has 1 aliphatic carbocycles. The molecule has 2 N–H and O–H groups in total.